The molecular weight excluding hydrogens is 462 g/mol. The predicted molar refractivity (Wildman–Crippen MR) is 148 cm³/mol. The lowest BCUT2D eigenvalue weighted by atomic mass is 10.0. The SMILES string of the molecule is CN(C)COc1cccc(-c2cnc(NC(C)(C)C)c(-c3nc4cccc(-c5ccccn5)c4o3)c2)c1. The molecule has 0 amide bonds. The first-order valence-corrected chi connectivity index (χ1v) is 12.2. The average Bonchev–Trinajstić information content (AvgIpc) is 3.32. The second-order valence-corrected chi connectivity index (χ2v) is 10.3. The smallest absolute Gasteiger partial charge is 0.231 e. The number of nitrogens with one attached hydrogen (secondary N) is 1. The highest BCUT2D eigenvalue weighted by Crippen LogP contribution is 2.36. The van der Waals surface area contributed by atoms with E-state index in [1.54, 1.807) is 6.20 Å². The average molecular weight is 494 g/mol. The summed E-state index contributed by atoms with van der Waals surface area (Å²) in [5.74, 6) is 2.01. The number of hydrogen-bond acceptors (Lipinski definition) is 7. The molecular formula is C30H31N5O2. The van der Waals surface area contributed by atoms with Crippen LogP contribution in [0.5, 0.6) is 5.75 Å². The van der Waals surface area contributed by atoms with Crippen molar-refractivity contribution in [1.29, 1.82) is 0 Å². The van der Waals surface area contributed by atoms with E-state index < -0.39 is 0 Å². The fraction of sp³-hybridized carbons (Fsp3) is 0.233. The van der Waals surface area contributed by atoms with Gasteiger partial charge in [0.05, 0.1) is 11.3 Å². The Kier molecular flexibility index (Phi) is 6.63. The maximum absolute atomic E-state index is 6.41. The minimum atomic E-state index is -0.200. The van der Waals surface area contributed by atoms with Crippen LogP contribution in [0.15, 0.2) is 83.5 Å². The highest BCUT2D eigenvalue weighted by Gasteiger charge is 2.21. The van der Waals surface area contributed by atoms with E-state index in [-0.39, 0.29) is 5.54 Å². The van der Waals surface area contributed by atoms with E-state index in [4.69, 9.17) is 19.1 Å². The molecule has 0 bridgehead atoms. The predicted octanol–water partition coefficient (Wildman–Crippen LogP) is 6.73. The van der Waals surface area contributed by atoms with Crippen LogP contribution in [-0.4, -0.2) is 46.2 Å². The van der Waals surface area contributed by atoms with Crippen molar-refractivity contribution in [3.8, 4) is 39.6 Å². The summed E-state index contributed by atoms with van der Waals surface area (Å²) in [6.45, 7) is 6.80. The van der Waals surface area contributed by atoms with Crippen LogP contribution in [-0.2, 0) is 0 Å². The van der Waals surface area contributed by atoms with Gasteiger partial charge in [0.25, 0.3) is 0 Å². The minimum absolute atomic E-state index is 0.200. The zero-order valence-corrected chi connectivity index (χ0v) is 21.8. The van der Waals surface area contributed by atoms with Gasteiger partial charge in [-0.1, -0.05) is 24.3 Å². The number of para-hydroxylation sites is 1. The number of pyridine rings is 2. The summed E-state index contributed by atoms with van der Waals surface area (Å²) in [6.07, 6.45) is 3.64. The van der Waals surface area contributed by atoms with E-state index in [9.17, 15) is 0 Å². The molecule has 0 aliphatic heterocycles. The molecule has 0 saturated carbocycles. The van der Waals surface area contributed by atoms with Gasteiger partial charge in [-0.3, -0.25) is 9.88 Å². The van der Waals surface area contributed by atoms with E-state index in [1.807, 2.05) is 85.9 Å². The van der Waals surface area contributed by atoms with Crippen molar-refractivity contribution in [2.75, 3.05) is 26.1 Å². The molecule has 0 saturated heterocycles. The van der Waals surface area contributed by atoms with Gasteiger partial charge in [0.1, 0.15) is 23.8 Å². The van der Waals surface area contributed by atoms with Crippen molar-refractivity contribution < 1.29 is 9.15 Å². The van der Waals surface area contributed by atoms with Crippen molar-refractivity contribution in [3.63, 3.8) is 0 Å². The van der Waals surface area contributed by atoms with Crippen LogP contribution < -0.4 is 10.1 Å². The maximum Gasteiger partial charge on any atom is 0.231 e. The minimum Gasteiger partial charge on any atom is -0.478 e. The van der Waals surface area contributed by atoms with Gasteiger partial charge < -0.3 is 14.5 Å². The molecule has 0 aliphatic carbocycles. The molecule has 3 heterocycles. The fourth-order valence-electron chi connectivity index (χ4n) is 4.00. The summed E-state index contributed by atoms with van der Waals surface area (Å²) in [5.41, 5.74) is 5.73. The number of benzene rings is 2. The largest absolute Gasteiger partial charge is 0.478 e. The molecule has 37 heavy (non-hydrogen) atoms. The van der Waals surface area contributed by atoms with Gasteiger partial charge in [-0.25, -0.2) is 9.97 Å². The molecule has 2 aromatic carbocycles. The summed E-state index contributed by atoms with van der Waals surface area (Å²) >= 11 is 0. The molecule has 1 N–H and O–H groups in total. The van der Waals surface area contributed by atoms with E-state index in [0.717, 1.165) is 39.2 Å². The van der Waals surface area contributed by atoms with Crippen LogP contribution in [0.1, 0.15) is 20.8 Å². The number of fused-ring (bicyclic) bond motifs is 1. The maximum atomic E-state index is 6.41. The molecule has 5 rings (SSSR count). The fourth-order valence-corrected chi connectivity index (χ4v) is 4.00. The first-order chi connectivity index (χ1) is 17.8. The Morgan fingerprint density at radius 2 is 1.73 bits per heavy atom. The van der Waals surface area contributed by atoms with Crippen molar-refractivity contribution in [3.05, 3.63) is 79.1 Å². The second-order valence-electron chi connectivity index (χ2n) is 10.3. The molecule has 0 spiro atoms. The first kappa shape index (κ1) is 24.5. The number of ether oxygens (including phenoxy) is 1. The Balaban J connectivity index is 1.61. The normalized spacial score (nSPS) is 11.7. The number of hydrogen-bond donors (Lipinski definition) is 1. The van der Waals surface area contributed by atoms with Crippen molar-refractivity contribution in [1.82, 2.24) is 19.9 Å². The lowest BCUT2D eigenvalue weighted by Crippen LogP contribution is -2.27. The van der Waals surface area contributed by atoms with Gasteiger partial charge in [0, 0.05) is 29.1 Å². The highest BCUT2D eigenvalue weighted by molar-refractivity contribution is 5.91. The molecule has 0 aliphatic rings. The molecule has 5 aromatic rings. The van der Waals surface area contributed by atoms with Gasteiger partial charge in [0.2, 0.25) is 5.89 Å². The van der Waals surface area contributed by atoms with Crippen molar-refractivity contribution in [2.45, 2.75) is 26.3 Å². The number of aromatic nitrogens is 3. The molecule has 3 aromatic heterocycles. The van der Waals surface area contributed by atoms with Crippen LogP contribution >= 0.6 is 0 Å². The molecule has 0 atom stereocenters. The summed E-state index contributed by atoms with van der Waals surface area (Å²) in [4.78, 5) is 16.1. The number of anilines is 1. The first-order valence-electron chi connectivity index (χ1n) is 12.2. The monoisotopic (exact) mass is 493 g/mol. The van der Waals surface area contributed by atoms with Crippen LogP contribution in [0, 0.1) is 0 Å². The standard InChI is InChI=1S/C30H31N5O2/c1-30(2,3)34-28-24(17-21(18-32-28)20-10-8-11-22(16-20)36-19-35(4)5)29-33-26-14-9-12-23(27(26)37-29)25-13-6-7-15-31-25/h6-18H,19H2,1-5H3,(H,32,34). The van der Waals surface area contributed by atoms with Gasteiger partial charge in [-0.15, -0.1) is 0 Å². The van der Waals surface area contributed by atoms with Gasteiger partial charge in [-0.2, -0.15) is 0 Å². The van der Waals surface area contributed by atoms with Crippen LogP contribution in [0.4, 0.5) is 5.82 Å². The van der Waals surface area contributed by atoms with Crippen LogP contribution in [0.3, 0.4) is 0 Å². The zero-order chi connectivity index (χ0) is 26.0. The Bertz CT molecular complexity index is 1520. The van der Waals surface area contributed by atoms with Crippen molar-refractivity contribution >= 4 is 16.9 Å². The molecule has 7 heteroatoms. The van der Waals surface area contributed by atoms with E-state index in [1.165, 1.54) is 0 Å². The quantitative estimate of drug-likeness (QED) is 0.252. The Labute approximate surface area is 217 Å². The summed E-state index contributed by atoms with van der Waals surface area (Å²) < 4.78 is 12.3. The third-order valence-electron chi connectivity index (χ3n) is 5.62. The third kappa shape index (κ3) is 5.62. The molecule has 7 nitrogen and oxygen atoms in total. The topological polar surface area (TPSA) is 76.3 Å². The van der Waals surface area contributed by atoms with Gasteiger partial charge in [-0.05, 0) is 82.9 Å². The molecule has 188 valence electrons. The van der Waals surface area contributed by atoms with E-state index in [2.05, 4.69) is 37.1 Å². The summed E-state index contributed by atoms with van der Waals surface area (Å²) in [5, 5.41) is 3.51. The zero-order valence-electron chi connectivity index (χ0n) is 21.8. The number of oxazole rings is 1. The lowest BCUT2D eigenvalue weighted by molar-refractivity contribution is 0.179. The van der Waals surface area contributed by atoms with E-state index in [0.29, 0.717) is 24.0 Å². The highest BCUT2D eigenvalue weighted by atomic mass is 16.5. The van der Waals surface area contributed by atoms with Crippen LogP contribution in [0.2, 0.25) is 0 Å². The third-order valence-corrected chi connectivity index (χ3v) is 5.62. The van der Waals surface area contributed by atoms with Crippen molar-refractivity contribution in [2.24, 2.45) is 0 Å². The van der Waals surface area contributed by atoms with Gasteiger partial charge >= 0.3 is 0 Å². The Hall–Kier alpha value is -4.23. The lowest BCUT2D eigenvalue weighted by Gasteiger charge is -2.23. The summed E-state index contributed by atoms with van der Waals surface area (Å²) in [6, 6.07) is 21.8. The molecule has 0 fully saturated rings. The second kappa shape index (κ2) is 10.0. The van der Waals surface area contributed by atoms with Gasteiger partial charge in [0.15, 0.2) is 5.58 Å². The Morgan fingerprint density at radius 3 is 2.49 bits per heavy atom. The van der Waals surface area contributed by atoms with Crippen LogP contribution in [0.25, 0.3) is 44.9 Å². The number of rotatable bonds is 7. The summed E-state index contributed by atoms with van der Waals surface area (Å²) in [7, 11) is 3.95. The Morgan fingerprint density at radius 1 is 0.892 bits per heavy atom. The van der Waals surface area contributed by atoms with E-state index >= 15 is 0 Å². The number of nitrogens with zero attached hydrogens (tertiary/aromatic N) is 4. The molecule has 0 radical (unpaired) electrons. The molecule has 0 unspecified atom stereocenters.